The van der Waals surface area contributed by atoms with Gasteiger partial charge in [0.25, 0.3) is 0 Å². The van der Waals surface area contributed by atoms with Crippen molar-refractivity contribution >= 4 is 33.3 Å². The topological polar surface area (TPSA) is 52.6 Å². The summed E-state index contributed by atoms with van der Waals surface area (Å²) in [5.41, 5.74) is 2.47. The number of anilines is 1. The summed E-state index contributed by atoms with van der Waals surface area (Å²) in [7, 11) is 2.25. The van der Waals surface area contributed by atoms with E-state index in [1.807, 2.05) is 6.92 Å². The summed E-state index contributed by atoms with van der Waals surface area (Å²) in [4.78, 5) is 29.7. The number of carbonyl (C=O) groups excluding carboxylic acids is 1. The zero-order chi connectivity index (χ0) is 24.2. The van der Waals surface area contributed by atoms with Crippen molar-refractivity contribution in [2.75, 3.05) is 44.7 Å². The molecule has 0 bridgehead atoms. The molecule has 186 valence electrons. The first-order valence-electron chi connectivity index (χ1n) is 13.1. The lowest BCUT2D eigenvalue weighted by Gasteiger charge is -2.35. The van der Waals surface area contributed by atoms with Gasteiger partial charge in [0.2, 0.25) is 5.91 Å². The Hall–Kier alpha value is -2.51. The second-order valence-electron chi connectivity index (χ2n) is 10.1. The molecule has 1 amide bonds. The molecule has 2 saturated heterocycles. The van der Waals surface area contributed by atoms with Crippen LogP contribution in [0, 0.1) is 5.92 Å². The molecule has 2 aromatic heterocycles. The van der Waals surface area contributed by atoms with Gasteiger partial charge in [-0.2, -0.15) is 0 Å². The van der Waals surface area contributed by atoms with Crippen molar-refractivity contribution in [3.8, 4) is 11.1 Å². The number of benzene rings is 1. The molecule has 35 heavy (non-hydrogen) atoms. The fourth-order valence-electron chi connectivity index (χ4n) is 5.83. The van der Waals surface area contributed by atoms with Crippen LogP contribution in [0.1, 0.15) is 45.4 Å². The number of amides is 1. The van der Waals surface area contributed by atoms with Crippen LogP contribution in [-0.4, -0.2) is 71.5 Å². The highest BCUT2D eigenvalue weighted by molar-refractivity contribution is 7.17. The number of likely N-dealkylation sites (tertiary alicyclic amines) is 1. The van der Waals surface area contributed by atoms with Gasteiger partial charge >= 0.3 is 0 Å². The Morgan fingerprint density at radius 3 is 2.69 bits per heavy atom. The first-order chi connectivity index (χ1) is 17.1. The van der Waals surface area contributed by atoms with Crippen LogP contribution in [0.15, 0.2) is 42.0 Å². The number of fused-ring (bicyclic) bond motifs is 1. The van der Waals surface area contributed by atoms with E-state index in [0.717, 1.165) is 56.2 Å². The van der Waals surface area contributed by atoms with Gasteiger partial charge in [0, 0.05) is 49.6 Å². The minimum atomic E-state index is 0.322. The Bertz CT molecular complexity index is 1120. The number of aromatic nitrogens is 2. The van der Waals surface area contributed by atoms with Crippen LogP contribution in [-0.2, 0) is 4.79 Å². The van der Waals surface area contributed by atoms with Crippen LogP contribution in [0.5, 0.6) is 0 Å². The van der Waals surface area contributed by atoms with Crippen molar-refractivity contribution < 1.29 is 4.79 Å². The van der Waals surface area contributed by atoms with Crippen LogP contribution in [0.25, 0.3) is 21.3 Å². The van der Waals surface area contributed by atoms with Crippen molar-refractivity contribution in [1.82, 2.24) is 19.8 Å². The standard InChI is InChI=1S/C28H37N5OS/c1-3-25(34)33-14-7-10-23(33)13-15-31(2)18-21-11-16-32(17-12-21)27-26-24(22-8-5-4-6-9-22)19-35-28(26)30-20-29-27/h4-6,8-9,19-21,23H,3,7,10-18H2,1-2H3. The van der Waals surface area contributed by atoms with E-state index in [1.165, 1.54) is 35.8 Å². The summed E-state index contributed by atoms with van der Waals surface area (Å²) in [6, 6.07) is 11.0. The van der Waals surface area contributed by atoms with Gasteiger partial charge in [-0.05, 0) is 57.2 Å². The maximum Gasteiger partial charge on any atom is 0.222 e. The van der Waals surface area contributed by atoms with Gasteiger partial charge in [-0.3, -0.25) is 4.79 Å². The molecule has 2 aliphatic rings. The third-order valence-corrected chi connectivity index (χ3v) is 8.65. The number of hydrogen-bond acceptors (Lipinski definition) is 6. The second-order valence-corrected chi connectivity index (χ2v) is 11.0. The van der Waals surface area contributed by atoms with Crippen molar-refractivity contribution in [1.29, 1.82) is 0 Å². The molecule has 1 aromatic carbocycles. The Balaban J connectivity index is 1.17. The molecule has 0 radical (unpaired) electrons. The highest BCUT2D eigenvalue weighted by atomic mass is 32.1. The van der Waals surface area contributed by atoms with Crippen molar-refractivity contribution in [2.45, 2.75) is 51.5 Å². The van der Waals surface area contributed by atoms with Gasteiger partial charge in [0.15, 0.2) is 0 Å². The van der Waals surface area contributed by atoms with Crippen LogP contribution in [0.4, 0.5) is 5.82 Å². The third kappa shape index (κ3) is 5.36. The fourth-order valence-corrected chi connectivity index (χ4v) is 6.74. The molecule has 4 heterocycles. The second kappa shape index (κ2) is 11.0. The molecule has 2 fully saturated rings. The van der Waals surface area contributed by atoms with Gasteiger partial charge in [-0.1, -0.05) is 37.3 Å². The Labute approximate surface area is 213 Å². The number of carbonyl (C=O) groups is 1. The van der Waals surface area contributed by atoms with Crippen molar-refractivity contribution in [2.24, 2.45) is 5.92 Å². The van der Waals surface area contributed by atoms with Crippen molar-refractivity contribution in [3.05, 3.63) is 42.0 Å². The molecule has 6 nitrogen and oxygen atoms in total. The molecule has 3 aromatic rings. The summed E-state index contributed by atoms with van der Waals surface area (Å²) in [6.07, 6.45) is 8.14. The average molecular weight is 492 g/mol. The van der Waals surface area contributed by atoms with E-state index >= 15 is 0 Å². The highest BCUT2D eigenvalue weighted by Crippen LogP contribution is 2.38. The van der Waals surface area contributed by atoms with Crippen LogP contribution in [0.2, 0.25) is 0 Å². The Morgan fingerprint density at radius 1 is 1.11 bits per heavy atom. The van der Waals surface area contributed by atoms with E-state index in [2.05, 4.69) is 62.4 Å². The maximum atomic E-state index is 12.2. The quantitative estimate of drug-likeness (QED) is 0.428. The van der Waals surface area contributed by atoms with E-state index in [9.17, 15) is 4.79 Å². The number of hydrogen-bond donors (Lipinski definition) is 0. The van der Waals surface area contributed by atoms with E-state index in [1.54, 1.807) is 17.7 Å². The first-order valence-corrected chi connectivity index (χ1v) is 14.0. The van der Waals surface area contributed by atoms with Crippen LogP contribution in [0.3, 0.4) is 0 Å². The molecule has 1 atom stereocenters. The fraction of sp³-hybridized carbons (Fsp3) is 0.536. The predicted octanol–water partition coefficient (Wildman–Crippen LogP) is 5.30. The summed E-state index contributed by atoms with van der Waals surface area (Å²) < 4.78 is 0. The third-order valence-electron chi connectivity index (χ3n) is 7.76. The molecule has 2 aliphatic heterocycles. The molecule has 7 heteroatoms. The summed E-state index contributed by atoms with van der Waals surface area (Å²) in [5, 5.41) is 3.42. The van der Waals surface area contributed by atoms with Crippen LogP contribution >= 0.6 is 11.3 Å². The minimum absolute atomic E-state index is 0.322. The lowest BCUT2D eigenvalue weighted by atomic mass is 9.95. The van der Waals surface area contributed by atoms with Gasteiger partial charge < -0.3 is 14.7 Å². The normalized spacial score (nSPS) is 19.2. The Kier molecular flexibility index (Phi) is 7.63. The minimum Gasteiger partial charge on any atom is -0.356 e. The Morgan fingerprint density at radius 2 is 1.91 bits per heavy atom. The number of piperidine rings is 1. The van der Waals surface area contributed by atoms with E-state index in [-0.39, 0.29) is 0 Å². The molecule has 1 unspecified atom stereocenters. The van der Waals surface area contributed by atoms with E-state index in [0.29, 0.717) is 24.3 Å². The van der Waals surface area contributed by atoms with E-state index in [4.69, 9.17) is 4.98 Å². The molecule has 0 saturated carbocycles. The molecule has 0 spiro atoms. The molecule has 0 N–H and O–H groups in total. The highest BCUT2D eigenvalue weighted by Gasteiger charge is 2.28. The van der Waals surface area contributed by atoms with Crippen molar-refractivity contribution in [3.63, 3.8) is 0 Å². The smallest absolute Gasteiger partial charge is 0.222 e. The van der Waals surface area contributed by atoms with Gasteiger partial charge in [-0.25, -0.2) is 9.97 Å². The lowest BCUT2D eigenvalue weighted by molar-refractivity contribution is -0.131. The first kappa shape index (κ1) is 24.2. The van der Waals surface area contributed by atoms with E-state index < -0.39 is 0 Å². The summed E-state index contributed by atoms with van der Waals surface area (Å²) in [5.74, 6) is 2.12. The maximum absolute atomic E-state index is 12.2. The van der Waals surface area contributed by atoms with Gasteiger partial charge in [0.05, 0.1) is 5.39 Å². The summed E-state index contributed by atoms with van der Waals surface area (Å²) >= 11 is 1.71. The predicted molar refractivity (Wildman–Crippen MR) is 145 cm³/mol. The van der Waals surface area contributed by atoms with Gasteiger partial charge in [-0.15, -0.1) is 11.3 Å². The largest absolute Gasteiger partial charge is 0.356 e. The SMILES string of the molecule is CCC(=O)N1CCCC1CCN(C)CC1CCN(c2ncnc3scc(-c4ccccc4)c23)CC1. The lowest BCUT2D eigenvalue weighted by Crippen LogP contribution is -2.40. The molecule has 5 rings (SSSR count). The molecular formula is C28H37N5OS. The zero-order valence-electron chi connectivity index (χ0n) is 21.0. The monoisotopic (exact) mass is 491 g/mol. The summed E-state index contributed by atoms with van der Waals surface area (Å²) in [6.45, 7) is 7.21. The molecular weight excluding hydrogens is 454 g/mol. The zero-order valence-corrected chi connectivity index (χ0v) is 21.8. The number of thiophene rings is 1. The number of nitrogens with zero attached hydrogens (tertiary/aromatic N) is 5. The average Bonchev–Trinajstić information content (AvgIpc) is 3.55. The molecule has 0 aliphatic carbocycles. The van der Waals surface area contributed by atoms with Crippen LogP contribution < -0.4 is 4.90 Å². The van der Waals surface area contributed by atoms with Gasteiger partial charge in [0.1, 0.15) is 17.0 Å². The number of rotatable bonds is 8.